The van der Waals surface area contributed by atoms with Crippen LogP contribution in [0, 0.1) is 18.3 Å². The van der Waals surface area contributed by atoms with Gasteiger partial charge in [-0.1, -0.05) is 30.7 Å². The van der Waals surface area contributed by atoms with Crippen LogP contribution in [0.25, 0.3) is 11.1 Å². The third kappa shape index (κ3) is 2.22. The lowest BCUT2D eigenvalue weighted by molar-refractivity contribution is 1.18. The van der Waals surface area contributed by atoms with Gasteiger partial charge in [0.1, 0.15) is 6.07 Å². The van der Waals surface area contributed by atoms with E-state index >= 15 is 0 Å². The standard InChI is InChI=1S/C14H12ClNS/c1-3-13-12(8-16)14(9(2)17-13)10-4-6-11(15)7-5-10/h4-7H,3H2,1-2H3. The summed E-state index contributed by atoms with van der Waals surface area (Å²) < 4.78 is 0. The number of rotatable bonds is 2. The van der Waals surface area contributed by atoms with Crippen molar-refractivity contribution in [1.29, 1.82) is 5.26 Å². The number of aryl methyl sites for hydroxylation is 2. The summed E-state index contributed by atoms with van der Waals surface area (Å²) in [7, 11) is 0. The summed E-state index contributed by atoms with van der Waals surface area (Å²) in [4.78, 5) is 2.36. The second kappa shape index (κ2) is 4.91. The molecule has 0 saturated carbocycles. The van der Waals surface area contributed by atoms with E-state index in [0.29, 0.717) is 0 Å². The van der Waals surface area contributed by atoms with Crippen LogP contribution in [-0.4, -0.2) is 0 Å². The van der Waals surface area contributed by atoms with Crippen LogP contribution in [0.1, 0.15) is 22.2 Å². The van der Waals surface area contributed by atoms with Crippen molar-refractivity contribution in [1.82, 2.24) is 0 Å². The van der Waals surface area contributed by atoms with E-state index in [1.54, 1.807) is 11.3 Å². The second-order valence-electron chi connectivity index (χ2n) is 3.80. The molecule has 1 nitrogen and oxygen atoms in total. The average Bonchev–Trinajstić information content (AvgIpc) is 2.66. The van der Waals surface area contributed by atoms with Crippen molar-refractivity contribution in [3.63, 3.8) is 0 Å². The zero-order chi connectivity index (χ0) is 12.4. The van der Waals surface area contributed by atoms with Gasteiger partial charge in [0.05, 0.1) is 5.56 Å². The van der Waals surface area contributed by atoms with E-state index in [9.17, 15) is 5.26 Å². The Morgan fingerprint density at radius 1 is 1.29 bits per heavy atom. The Morgan fingerprint density at radius 3 is 2.47 bits per heavy atom. The van der Waals surface area contributed by atoms with Crippen LogP contribution in [0.4, 0.5) is 0 Å². The maximum Gasteiger partial charge on any atom is 0.101 e. The molecule has 0 unspecified atom stereocenters. The van der Waals surface area contributed by atoms with E-state index < -0.39 is 0 Å². The van der Waals surface area contributed by atoms with Gasteiger partial charge in [-0.15, -0.1) is 11.3 Å². The summed E-state index contributed by atoms with van der Waals surface area (Å²) in [6, 6.07) is 9.99. The Balaban J connectivity index is 2.63. The number of hydrogen-bond acceptors (Lipinski definition) is 2. The summed E-state index contributed by atoms with van der Waals surface area (Å²) >= 11 is 7.59. The fourth-order valence-electron chi connectivity index (χ4n) is 1.93. The zero-order valence-corrected chi connectivity index (χ0v) is 11.3. The van der Waals surface area contributed by atoms with Crippen molar-refractivity contribution in [3.05, 3.63) is 44.6 Å². The largest absolute Gasteiger partial charge is 0.192 e. The van der Waals surface area contributed by atoms with Gasteiger partial charge in [-0.25, -0.2) is 0 Å². The number of benzene rings is 1. The topological polar surface area (TPSA) is 23.8 Å². The molecule has 1 heterocycles. The molecule has 2 rings (SSSR count). The van der Waals surface area contributed by atoms with Gasteiger partial charge in [-0.05, 0) is 31.0 Å². The molecule has 0 spiro atoms. The molecule has 1 aromatic heterocycles. The predicted molar refractivity (Wildman–Crippen MR) is 73.6 cm³/mol. The molecule has 0 N–H and O–H groups in total. The maximum atomic E-state index is 9.29. The Hall–Kier alpha value is -1.30. The van der Waals surface area contributed by atoms with Gasteiger partial charge in [-0.3, -0.25) is 0 Å². The lowest BCUT2D eigenvalue weighted by Gasteiger charge is -2.02. The molecule has 0 fully saturated rings. The molecular weight excluding hydrogens is 250 g/mol. The van der Waals surface area contributed by atoms with Crippen LogP contribution in [0.2, 0.25) is 5.02 Å². The number of nitriles is 1. The van der Waals surface area contributed by atoms with Crippen molar-refractivity contribution >= 4 is 22.9 Å². The monoisotopic (exact) mass is 261 g/mol. The van der Waals surface area contributed by atoms with Crippen molar-refractivity contribution in [2.45, 2.75) is 20.3 Å². The third-order valence-electron chi connectivity index (χ3n) is 2.72. The highest BCUT2D eigenvalue weighted by Gasteiger charge is 2.15. The van der Waals surface area contributed by atoms with Crippen molar-refractivity contribution in [3.8, 4) is 17.2 Å². The Morgan fingerprint density at radius 2 is 1.94 bits per heavy atom. The van der Waals surface area contributed by atoms with E-state index in [0.717, 1.165) is 33.0 Å². The van der Waals surface area contributed by atoms with Gasteiger partial charge in [0.15, 0.2) is 0 Å². The van der Waals surface area contributed by atoms with Crippen LogP contribution >= 0.6 is 22.9 Å². The fourth-order valence-corrected chi connectivity index (χ4v) is 3.15. The molecule has 0 aliphatic carbocycles. The normalized spacial score (nSPS) is 10.2. The first-order valence-corrected chi connectivity index (χ1v) is 6.65. The van der Waals surface area contributed by atoms with Crippen LogP contribution in [0.5, 0.6) is 0 Å². The molecule has 0 amide bonds. The molecule has 0 radical (unpaired) electrons. The molecule has 0 bridgehead atoms. The van der Waals surface area contributed by atoms with Crippen molar-refractivity contribution in [2.24, 2.45) is 0 Å². The molecule has 1 aromatic carbocycles. The number of nitrogens with zero attached hydrogens (tertiary/aromatic N) is 1. The molecule has 17 heavy (non-hydrogen) atoms. The van der Waals surface area contributed by atoms with Gasteiger partial charge < -0.3 is 0 Å². The second-order valence-corrected chi connectivity index (χ2v) is 5.55. The van der Waals surface area contributed by atoms with Gasteiger partial charge >= 0.3 is 0 Å². The van der Waals surface area contributed by atoms with Crippen LogP contribution in [0.3, 0.4) is 0 Å². The third-order valence-corrected chi connectivity index (χ3v) is 4.22. The van der Waals surface area contributed by atoms with Crippen LogP contribution in [0.15, 0.2) is 24.3 Å². The lowest BCUT2D eigenvalue weighted by atomic mass is 10.0. The van der Waals surface area contributed by atoms with E-state index in [1.165, 1.54) is 4.88 Å². The summed E-state index contributed by atoms with van der Waals surface area (Å²) in [6.07, 6.45) is 0.905. The molecule has 0 aliphatic heterocycles. The molecule has 0 aliphatic rings. The SMILES string of the molecule is CCc1sc(C)c(-c2ccc(Cl)cc2)c1C#N. The summed E-state index contributed by atoms with van der Waals surface area (Å²) in [6.45, 7) is 4.15. The predicted octanol–water partition coefficient (Wildman–Crippen LogP) is 4.81. The molecule has 86 valence electrons. The number of halogens is 1. The van der Waals surface area contributed by atoms with E-state index in [-0.39, 0.29) is 0 Å². The van der Waals surface area contributed by atoms with Gasteiger partial charge in [0.25, 0.3) is 0 Å². The quantitative estimate of drug-likeness (QED) is 0.761. The van der Waals surface area contributed by atoms with E-state index in [1.807, 2.05) is 24.3 Å². The van der Waals surface area contributed by atoms with Gasteiger partial charge in [0, 0.05) is 20.3 Å². The minimum absolute atomic E-state index is 0.718. The first-order chi connectivity index (χ1) is 8.17. The molecule has 3 heteroatoms. The van der Waals surface area contributed by atoms with Gasteiger partial charge in [-0.2, -0.15) is 5.26 Å². The lowest BCUT2D eigenvalue weighted by Crippen LogP contribution is -1.84. The average molecular weight is 262 g/mol. The highest BCUT2D eigenvalue weighted by molar-refractivity contribution is 7.12. The Kier molecular flexibility index (Phi) is 3.51. The van der Waals surface area contributed by atoms with Gasteiger partial charge in [0.2, 0.25) is 0 Å². The minimum Gasteiger partial charge on any atom is -0.192 e. The number of thiophene rings is 1. The zero-order valence-electron chi connectivity index (χ0n) is 9.75. The summed E-state index contributed by atoms with van der Waals surface area (Å²) in [5, 5.41) is 10.0. The van der Waals surface area contributed by atoms with E-state index in [4.69, 9.17) is 11.6 Å². The van der Waals surface area contributed by atoms with Crippen LogP contribution < -0.4 is 0 Å². The minimum atomic E-state index is 0.718. The summed E-state index contributed by atoms with van der Waals surface area (Å²) in [5.41, 5.74) is 2.95. The molecule has 2 aromatic rings. The molecule has 0 atom stereocenters. The maximum absolute atomic E-state index is 9.29. The molecular formula is C14H12ClNS. The van der Waals surface area contributed by atoms with E-state index in [2.05, 4.69) is 19.9 Å². The fraction of sp³-hybridized carbons (Fsp3) is 0.214. The Bertz CT molecular complexity index is 576. The number of hydrogen-bond donors (Lipinski definition) is 0. The highest BCUT2D eigenvalue weighted by Crippen LogP contribution is 2.36. The smallest absolute Gasteiger partial charge is 0.101 e. The van der Waals surface area contributed by atoms with Crippen molar-refractivity contribution < 1.29 is 0 Å². The van der Waals surface area contributed by atoms with Crippen LogP contribution in [-0.2, 0) is 6.42 Å². The molecule has 0 saturated heterocycles. The highest BCUT2D eigenvalue weighted by atomic mass is 35.5. The first-order valence-electron chi connectivity index (χ1n) is 5.45. The Labute approximate surface area is 110 Å². The first kappa shape index (κ1) is 12.2. The summed E-state index contributed by atoms with van der Waals surface area (Å²) in [5.74, 6) is 0. The van der Waals surface area contributed by atoms with Crippen molar-refractivity contribution in [2.75, 3.05) is 0 Å².